The van der Waals surface area contributed by atoms with E-state index in [4.69, 9.17) is 0 Å². The number of fused-ring (bicyclic) bond motifs is 1. The van der Waals surface area contributed by atoms with Gasteiger partial charge in [0, 0.05) is 0 Å². The number of aromatic nitrogens is 3. The molecule has 5 nitrogen and oxygen atoms in total. The van der Waals surface area contributed by atoms with Crippen LogP contribution in [-0.4, -0.2) is 26.1 Å². The molecule has 5 heteroatoms. The second kappa shape index (κ2) is 4.32. The highest BCUT2D eigenvalue weighted by atomic mass is 16.4. The van der Waals surface area contributed by atoms with Gasteiger partial charge in [-0.25, -0.2) is 9.48 Å². The lowest BCUT2D eigenvalue weighted by molar-refractivity contribution is -0.146. The fourth-order valence-corrected chi connectivity index (χ4v) is 2.67. The number of carboxylic acids is 1. The van der Waals surface area contributed by atoms with Crippen molar-refractivity contribution in [3.05, 3.63) is 11.4 Å². The summed E-state index contributed by atoms with van der Waals surface area (Å²) in [5.41, 5.74) is 1.19. The highest BCUT2D eigenvalue weighted by Gasteiger charge is 2.37. The van der Waals surface area contributed by atoms with E-state index in [9.17, 15) is 9.90 Å². The lowest BCUT2D eigenvalue weighted by Crippen LogP contribution is -2.38. The molecule has 0 bridgehead atoms. The fourth-order valence-electron chi connectivity index (χ4n) is 2.67. The second-order valence-corrected chi connectivity index (χ2v) is 7.06. The van der Waals surface area contributed by atoms with Crippen molar-refractivity contribution in [3.63, 3.8) is 0 Å². The van der Waals surface area contributed by atoms with Crippen LogP contribution in [0, 0.1) is 11.3 Å². The quantitative estimate of drug-likeness (QED) is 0.890. The first kappa shape index (κ1) is 14.0. The van der Waals surface area contributed by atoms with Gasteiger partial charge in [-0.15, -0.1) is 5.10 Å². The zero-order chi connectivity index (χ0) is 14.4. The van der Waals surface area contributed by atoms with Crippen LogP contribution >= 0.6 is 0 Å². The molecule has 0 saturated heterocycles. The van der Waals surface area contributed by atoms with Crippen LogP contribution in [0.2, 0.25) is 0 Å². The van der Waals surface area contributed by atoms with Crippen molar-refractivity contribution in [1.29, 1.82) is 0 Å². The zero-order valence-corrected chi connectivity index (χ0v) is 12.4. The lowest BCUT2D eigenvalue weighted by Gasteiger charge is -2.34. The lowest BCUT2D eigenvalue weighted by atomic mass is 9.72. The Hall–Kier alpha value is -1.39. The summed E-state index contributed by atoms with van der Waals surface area (Å²) >= 11 is 0. The average Bonchev–Trinajstić information content (AvgIpc) is 2.70. The van der Waals surface area contributed by atoms with E-state index in [1.807, 2.05) is 0 Å². The van der Waals surface area contributed by atoms with Gasteiger partial charge in [0.1, 0.15) is 0 Å². The largest absolute Gasteiger partial charge is 0.479 e. The van der Waals surface area contributed by atoms with Gasteiger partial charge in [0.15, 0.2) is 5.54 Å². The van der Waals surface area contributed by atoms with Gasteiger partial charge in [-0.3, -0.25) is 0 Å². The smallest absolute Gasteiger partial charge is 0.331 e. The molecular formula is C14H23N3O2. The molecule has 0 amide bonds. The second-order valence-electron chi connectivity index (χ2n) is 7.06. The molecule has 0 fully saturated rings. The molecule has 1 aliphatic rings. The minimum absolute atomic E-state index is 0.254. The molecule has 0 aromatic carbocycles. The molecule has 0 radical (unpaired) electrons. The van der Waals surface area contributed by atoms with Gasteiger partial charge in [-0.05, 0) is 44.4 Å². The summed E-state index contributed by atoms with van der Waals surface area (Å²) in [6.07, 6.45) is 2.83. The maximum absolute atomic E-state index is 11.3. The molecule has 1 N–H and O–H groups in total. The number of aliphatic carboxylic acids is 1. The van der Waals surface area contributed by atoms with E-state index in [0.29, 0.717) is 5.92 Å². The Morgan fingerprint density at radius 1 is 1.32 bits per heavy atom. The van der Waals surface area contributed by atoms with Crippen molar-refractivity contribution >= 4 is 5.97 Å². The van der Waals surface area contributed by atoms with Crippen LogP contribution in [-0.2, 0) is 23.2 Å². The SMILES string of the molecule is CC(C)(C)C1CCc2c(nnn2C(C)(C)C(=O)O)C1. The van der Waals surface area contributed by atoms with Crippen molar-refractivity contribution in [2.75, 3.05) is 0 Å². The first-order chi connectivity index (χ1) is 8.64. The van der Waals surface area contributed by atoms with Crippen LogP contribution in [0.25, 0.3) is 0 Å². The molecule has 2 rings (SSSR count). The Balaban J connectivity index is 2.33. The molecule has 0 aliphatic heterocycles. The molecule has 1 aromatic heterocycles. The van der Waals surface area contributed by atoms with Crippen molar-refractivity contribution in [2.45, 2.75) is 59.4 Å². The van der Waals surface area contributed by atoms with Crippen LogP contribution in [0.15, 0.2) is 0 Å². The molecular weight excluding hydrogens is 242 g/mol. The van der Waals surface area contributed by atoms with E-state index in [0.717, 1.165) is 30.7 Å². The van der Waals surface area contributed by atoms with E-state index < -0.39 is 11.5 Å². The molecule has 1 unspecified atom stereocenters. The number of hydrogen-bond acceptors (Lipinski definition) is 3. The fraction of sp³-hybridized carbons (Fsp3) is 0.786. The highest BCUT2D eigenvalue weighted by Crippen LogP contribution is 2.37. The summed E-state index contributed by atoms with van der Waals surface area (Å²) in [6.45, 7) is 10.1. The van der Waals surface area contributed by atoms with Gasteiger partial charge in [0.2, 0.25) is 0 Å². The van der Waals surface area contributed by atoms with Crippen LogP contribution < -0.4 is 0 Å². The maximum atomic E-state index is 11.3. The van der Waals surface area contributed by atoms with Crippen molar-refractivity contribution in [1.82, 2.24) is 15.0 Å². The molecule has 0 spiro atoms. The highest BCUT2D eigenvalue weighted by molar-refractivity contribution is 5.75. The molecule has 19 heavy (non-hydrogen) atoms. The van der Waals surface area contributed by atoms with Gasteiger partial charge in [0.25, 0.3) is 0 Å². The van der Waals surface area contributed by atoms with Gasteiger partial charge >= 0.3 is 5.97 Å². The molecule has 0 saturated carbocycles. The molecule has 1 heterocycles. The van der Waals surface area contributed by atoms with Crippen LogP contribution in [0.1, 0.15) is 52.4 Å². The molecule has 1 aliphatic carbocycles. The van der Waals surface area contributed by atoms with Gasteiger partial charge in [0.05, 0.1) is 11.4 Å². The van der Waals surface area contributed by atoms with E-state index in [1.54, 1.807) is 18.5 Å². The van der Waals surface area contributed by atoms with Crippen LogP contribution in [0.5, 0.6) is 0 Å². The van der Waals surface area contributed by atoms with Crippen LogP contribution in [0.3, 0.4) is 0 Å². The Kier molecular flexibility index (Phi) is 3.19. The number of carbonyl (C=O) groups is 1. The third-order valence-electron chi connectivity index (χ3n) is 4.29. The summed E-state index contributed by atoms with van der Waals surface area (Å²) in [4.78, 5) is 11.3. The van der Waals surface area contributed by atoms with Crippen LogP contribution in [0.4, 0.5) is 0 Å². The van der Waals surface area contributed by atoms with E-state index in [1.165, 1.54) is 0 Å². The number of nitrogens with zero attached hydrogens (tertiary/aromatic N) is 3. The van der Waals surface area contributed by atoms with Crippen molar-refractivity contribution in [3.8, 4) is 0 Å². The number of rotatable bonds is 2. The minimum Gasteiger partial charge on any atom is -0.479 e. The predicted octanol–water partition coefficient (Wildman–Crippen LogP) is 2.25. The third kappa shape index (κ3) is 2.38. The Morgan fingerprint density at radius 3 is 2.47 bits per heavy atom. The minimum atomic E-state index is -1.03. The van der Waals surface area contributed by atoms with E-state index in [-0.39, 0.29) is 5.41 Å². The Labute approximate surface area is 114 Å². The van der Waals surface area contributed by atoms with E-state index >= 15 is 0 Å². The standard InChI is InChI=1S/C14H23N3O2/c1-13(2,3)9-6-7-11-10(8-9)15-16-17(11)14(4,5)12(18)19/h9H,6-8H2,1-5H3,(H,18,19). The molecule has 1 aromatic rings. The summed E-state index contributed by atoms with van der Waals surface area (Å²) in [5.74, 6) is -0.295. The van der Waals surface area contributed by atoms with E-state index in [2.05, 4.69) is 31.1 Å². The average molecular weight is 265 g/mol. The topological polar surface area (TPSA) is 68.0 Å². The van der Waals surface area contributed by atoms with Crippen molar-refractivity contribution < 1.29 is 9.90 Å². The predicted molar refractivity (Wildman–Crippen MR) is 71.9 cm³/mol. The van der Waals surface area contributed by atoms with Gasteiger partial charge in [-0.2, -0.15) is 0 Å². The van der Waals surface area contributed by atoms with Crippen molar-refractivity contribution in [2.24, 2.45) is 11.3 Å². The maximum Gasteiger partial charge on any atom is 0.331 e. The summed E-state index contributed by atoms with van der Waals surface area (Å²) in [5, 5.41) is 17.6. The first-order valence-corrected chi connectivity index (χ1v) is 6.81. The van der Waals surface area contributed by atoms with Gasteiger partial charge < -0.3 is 5.11 Å². The Bertz CT molecular complexity index is 497. The summed E-state index contributed by atoms with van der Waals surface area (Å²) < 4.78 is 1.59. The molecule has 1 atom stereocenters. The third-order valence-corrected chi connectivity index (χ3v) is 4.29. The number of carboxylic acid groups (broad SMARTS) is 1. The monoisotopic (exact) mass is 265 g/mol. The normalized spacial score (nSPS) is 20.2. The molecule has 106 valence electrons. The summed E-state index contributed by atoms with van der Waals surface area (Å²) in [7, 11) is 0. The Morgan fingerprint density at radius 2 is 1.95 bits per heavy atom. The number of hydrogen-bond donors (Lipinski definition) is 1. The van der Waals surface area contributed by atoms with Gasteiger partial charge in [-0.1, -0.05) is 26.0 Å². The summed E-state index contributed by atoms with van der Waals surface area (Å²) in [6, 6.07) is 0. The zero-order valence-electron chi connectivity index (χ0n) is 12.4. The first-order valence-electron chi connectivity index (χ1n) is 6.81.